The van der Waals surface area contributed by atoms with Crippen molar-refractivity contribution >= 4 is 37.2 Å². The van der Waals surface area contributed by atoms with Crippen LogP contribution in [0.3, 0.4) is 0 Å². The fourth-order valence-corrected chi connectivity index (χ4v) is 4.70. The Morgan fingerprint density at radius 3 is 2.46 bits per heavy atom. The van der Waals surface area contributed by atoms with Crippen LogP contribution in [-0.4, -0.2) is 13.3 Å². The van der Waals surface area contributed by atoms with Crippen LogP contribution < -0.4 is 4.74 Å². The number of fused-ring (bicyclic) bond motifs is 1. The van der Waals surface area contributed by atoms with E-state index in [1.807, 2.05) is 6.92 Å². The summed E-state index contributed by atoms with van der Waals surface area (Å²) >= 11 is 3.35. The first-order chi connectivity index (χ1) is 12.3. The number of unbranched alkanes of at least 4 members (excludes halogenated alkanes) is 1. The summed E-state index contributed by atoms with van der Waals surface area (Å²) in [6.07, 6.45) is 1.88. The standard InChI is InChI=1S/C18H16BrNO5S/c1-2-3-4-17-18(12-5-7-13(19)8-6-12)25-15-11-14(20(21)22)9-10-16(15)26(17,23)24/h5-11H,2-4H2,1H3. The molecule has 2 aromatic rings. The molecule has 1 aliphatic heterocycles. The van der Waals surface area contributed by atoms with Gasteiger partial charge in [0.15, 0.2) is 5.75 Å². The van der Waals surface area contributed by atoms with E-state index in [2.05, 4.69) is 15.9 Å². The summed E-state index contributed by atoms with van der Waals surface area (Å²) in [5.74, 6) is 0.219. The Morgan fingerprint density at radius 1 is 1.15 bits per heavy atom. The molecule has 0 aromatic heterocycles. The highest BCUT2D eigenvalue weighted by molar-refractivity contribution is 9.10. The van der Waals surface area contributed by atoms with Gasteiger partial charge in [-0.2, -0.15) is 0 Å². The number of benzene rings is 2. The maximum Gasteiger partial charge on any atom is 0.273 e. The first-order valence-electron chi connectivity index (χ1n) is 8.05. The Morgan fingerprint density at radius 2 is 1.85 bits per heavy atom. The molecule has 1 aliphatic rings. The van der Waals surface area contributed by atoms with Crippen molar-refractivity contribution in [2.45, 2.75) is 31.1 Å². The van der Waals surface area contributed by atoms with E-state index in [-0.39, 0.29) is 27.0 Å². The number of hydrogen-bond acceptors (Lipinski definition) is 5. The van der Waals surface area contributed by atoms with E-state index in [1.54, 1.807) is 24.3 Å². The summed E-state index contributed by atoms with van der Waals surface area (Å²) in [5.41, 5.74) is 0.395. The number of hydrogen-bond donors (Lipinski definition) is 0. The maximum absolute atomic E-state index is 13.1. The third kappa shape index (κ3) is 3.39. The third-order valence-electron chi connectivity index (χ3n) is 4.08. The Bertz CT molecular complexity index is 997. The molecule has 8 heteroatoms. The van der Waals surface area contributed by atoms with E-state index in [0.717, 1.165) is 17.0 Å². The van der Waals surface area contributed by atoms with Crippen LogP contribution in [0.5, 0.6) is 5.75 Å². The van der Waals surface area contributed by atoms with Crippen molar-refractivity contribution in [1.29, 1.82) is 0 Å². The average molecular weight is 438 g/mol. The van der Waals surface area contributed by atoms with Crippen molar-refractivity contribution in [3.05, 3.63) is 67.5 Å². The fraction of sp³-hybridized carbons (Fsp3) is 0.222. The Labute approximate surface area is 159 Å². The van der Waals surface area contributed by atoms with E-state index in [4.69, 9.17) is 4.74 Å². The van der Waals surface area contributed by atoms with E-state index in [0.29, 0.717) is 18.4 Å². The van der Waals surface area contributed by atoms with E-state index in [9.17, 15) is 18.5 Å². The van der Waals surface area contributed by atoms with E-state index in [1.165, 1.54) is 12.1 Å². The molecule has 136 valence electrons. The maximum atomic E-state index is 13.1. The van der Waals surface area contributed by atoms with E-state index < -0.39 is 14.8 Å². The molecule has 0 N–H and O–H groups in total. The lowest BCUT2D eigenvalue weighted by molar-refractivity contribution is -0.385. The SMILES string of the molecule is CCCCC1=C(c2ccc(Br)cc2)Oc2cc([N+](=O)[O-])ccc2S1(=O)=O. The molecule has 6 nitrogen and oxygen atoms in total. The van der Waals surface area contributed by atoms with Crippen molar-refractivity contribution in [3.8, 4) is 5.75 Å². The number of sulfone groups is 1. The molecule has 0 aliphatic carbocycles. The highest BCUT2D eigenvalue weighted by atomic mass is 79.9. The lowest BCUT2D eigenvalue weighted by atomic mass is 10.1. The molecule has 26 heavy (non-hydrogen) atoms. The van der Waals surface area contributed by atoms with Gasteiger partial charge in [-0.05, 0) is 31.0 Å². The molecule has 0 saturated carbocycles. The fourth-order valence-electron chi connectivity index (χ4n) is 2.74. The molecule has 0 amide bonds. The minimum Gasteiger partial charge on any atom is -0.454 e. The number of allylic oxidation sites excluding steroid dienone is 1. The summed E-state index contributed by atoms with van der Waals surface area (Å²) in [5, 5.41) is 11.0. The van der Waals surface area contributed by atoms with Crippen molar-refractivity contribution in [2.75, 3.05) is 0 Å². The lowest BCUT2D eigenvalue weighted by Gasteiger charge is -2.23. The number of ether oxygens (including phenoxy) is 1. The van der Waals surface area contributed by atoms with Crippen LogP contribution in [0.1, 0.15) is 31.7 Å². The van der Waals surface area contributed by atoms with Gasteiger partial charge in [-0.3, -0.25) is 10.1 Å². The Balaban J connectivity index is 2.20. The second kappa shape index (κ2) is 7.20. The Hall–Kier alpha value is -2.19. The van der Waals surface area contributed by atoms with Gasteiger partial charge in [0.2, 0.25) is 9.84 Å². The van der Waals surface area contributed by atoms with Gasteiger partial charge in [-0.15, -0.1) is 0 Å². The number of nitro benzene ring substituents is 1. The molecule has 0 bridgehead atoms. The number of nitro groups is 1. The monoisotopic (exact) mass is 437 g/mol. The van der Waals surface area contributed by atoms with Crippen molar-refractivity contribution in [3.63, 3.8) is 0 Å². The molecule has 0 fully saturated rings. The zero-order valence-corrected chi connectivity index (χ0v) is 16.3. The zero-order chi connectivity index (χ0) is 18.9. The van der Waals surface area contributed by atoms with Gasteiger partial charge in [0.05, 0.1) is 15.9 Å². The first kappa shape index (κ1) is 18.6. The largest absolute Gasteiger partial charge is 0.454 e. The molecule has 2 aromatic carbocycles. The highest BCUT2D eigenvalue weighted by Crippen LogP contribution is 2.43. The van der Waals surface area contributed by atoms with Crippen LogP contribution in [-0.2, 0) is 9.84 Å². The summed E-state index contributed by atoms with van der Waals surface area (Å²) in [6.45, 7) is 1.98. The molecule has 0 unspecified atom stereocenters. The Kier molecular flexibility index (Phi) is 5.15. The van der Waals surface area contributed by atoms with E-state index >= 15 is 0 Å². The minimum atomic E-state index is -3.78. The van der Waals surface area contributed by atoms with Gasteiger partial charge in [0.25, 0.3) is 5.69 Å². The summed E-state index contributed by atoms with van der Waals surface area (Å²) < 4.78 is 33.0. The molecular weight excluding hydrogens is 422 g/mol. The zero-order valence-electron chi connectivity index (χ0n) is 13.9. The molecular formula is C18H16BrNO5S. The van der Waals surface area contributed by atoms with Crippen LogP contribution in [0.25, 0.3) is 5.76 Å². The molecule has 0 spiro atoms. The van der Waals surface area contributed by atoms with Crippen molar-refractivity contribution in [2.24, 2.45) is 0 Å². The summed E-state index contributed by atoms with van der Waals surface area (Å²) in [4.78, 5) is 10.6. The molecule has 0 radical (unpaired) electrons. The van der Waals surface area contributed by atoms with Crippen LogP contribution in [0.4, 0.5) is 5.69 Å². The predicted molar refractivity (Wildman–Crippen MR) is 101 cm³/mol. The van der Waals surface area contributed by atoms with Gasteiger partial charge in [0, 0.05) is 16.1 Å². The topological polar surface area (TPSA) is 86.5 Å². The van der Waals surface area contributed by atoms with Crippen molar-refractivity contribution in [1.82, 2.24) is 0 Å². The van der Waals surface area contributed by atoms with Crippen LogP contribution in [0.2, 0.25) is 0 Å². The number of rotatable bonds is 5. The van der Waals surface area contributed by atoms with Gasteiger partial charge in [-0.1, -0.05) is 41.4 Å². The van der Waals surface area contributed by atoms with Gasteiger partial charge in [0.1, 0.15) is 10.7 Å². The average Bonchev–Trinajstić information content (AvgIpc) is 2.60. The van der Waals surface area contributed by atoms with Crippen molar-refractivity contribution < 1.29 is 18.1 Å². The summed E-state index contributed by atoms with van der Waals surface area (Å²) in [6, 6.07) is 10.7. The second-order valence-electron chi connectivity index (χ2n) is 5.86. The normalized spacial score (nSPS) is 15.3. The molecule has 0 atom stereocenters. The summed E-state index contributed by atoms with van der Waals surface area (Å²) in [7, 11) is -3.78. The van der Waals surface area contributed by atoms with Crippen LogP contribution in [0, 0.1) is 10.1 Å². The highest BCUT2D eigenvalue weighted by Gasteiger charge is 2.35. The van der Waals surface area contributed by atoms with Gasteiger partial charge >= 0.3 is 0 Å². The lowest BCUT2D eigenvalue weighted by Crippen LogP contribution is -2.17. The van der Waals surface area contributed by atoms with Crippen LogP contribution >= 0.6 is 15.9 Å². The molecule has 1 heterocycles. The molecule has 0 saturated heterocycles. The molecule has 3 rings (SSSR count). The third-order valence-corrected chi connectivity index (χ3v) is 6.56. The predicted octanol–water partition coefficient (Wildman–Crippen LogP) is 5.08. The van der Waals surface area contributed by atoms with Crippen LogP contribution in [0.15, 0.2) is 56.7 Å². The number of non-ortho nitro benzene ring substituents is 1. The number of nitrogens with zero attached hydrogens (tertiary/aromatic N) is 1. The second-order valence-corrected chi connectivity index (χ2v) is 8.71. The smallest absolute Gasteiger partial charge is 0.273 e. The first-order valence-corrected chi connectivity index (χ1v) is 10.3. The van der Waals surface area contributed by atoms with Gasteiger partial charge < -0.3 is 4.74 Å². The minimum absolute atomic E-state index is 0.0163. The number of halogens is 1. The van der Waals surface area contributed by atoms with Gasteiger partial charge in [-0.25, -0.2) is 8.42 Å². The quantitative estimate of drug-likeness (QED) is 0.480.